The van der Waals surface area contributed by atoms with Crippen molar-refractivity contribution in [2.24, 2.45) is 0 Å². The second-order valence-electron chi connectivity index (χ2n) is 1.31. The van der Waals surface area contributed by atoms with Crippen molar-refractivity contribution >= 4 is 6.09 Å². The topological polar surface area (TPSA) is 73.3 Å². The van der Waals surface area contributed by atoms with E-state index in [1.807, 2.05) is 0 Å². The highest BCUT2D eigenvalue weighted by molar-refractivity contribution is 5.68. The van der Waals surface area contributed by atoms with E-state index in [2.05, 4.69) is 28.9 Å². The second-order valence-corrected chi connectivity index (χ2v) is 1.31. The predicted octanol–water partition coefficient (Wildman–Crippen LogP) is 0.845. The Balaban J connectivity index is 0. The third-order valence-corrected chi connectivity index (χ3v) is 0.605. The van der Waals surface area contributed by atoms with Gasteiger partial charge in [0, 0.05) is 0 Å². The smallest absolute Gasteiger partial charge is 0.407 e. The van der Waals surface area contributed by atoms with Crippen LogP contribution in [-0.2, 0) is 4.74 Å². The van der Waals surface area contributed by atoms with Crippen molar-refractivity contribution in [3.63, 3.8) is 0 Å². The van der Waals surface area contributed by atoms with Gasteiger partial charge in [0.2, 0.25) is 0 Å². The summed E-state index contributed by atoms with van der Waals surface area (Å²) >= 11 is 0. The van der Waals surface area contributed by atoms with Gasteiger partial charge in [0.1, 0.15) is 6.61 Å². The molecule has 58 valence electrons. The molecular weight excluding hydrogens is 132 g/mol. The maximum absolute atomic E-state index is 9.91. The Labute approximate surface area is 60.1 Å². The first-order chi connectivity index (χ1) is 4.31. The fourth-order valence-electron chi connectivity index (χ4n) is 0.348. The van der Waals surface area contributed by atoms with Crippen molar-refractivity contribution in [1.29, 1.82) is 0 Å². The van der Waals surface area contributed by atoms with E-state index in [9.17, 15) is 4.79 Å². The van der Waals surface area contributed by atoms with Crippen molar-refractivity contribution in [3.05, 3.63) is 18.9 Å². The normalized spacial score (nSPS) is 12.6. The number of hydrogen-bond donors (Lipinski definition) is 2. The number of ether oxygens (including phenoxy) is 1. The Morgan fingerprint density at radius 1 is 1.60 bits per heavy atom. The van der Waals surface area contributed by atoms with Crippen LogP contribution in [0.25, 0.3) is 0 Å². The van der Waals surface area contributed by atoms with Gasteiger partial charge in [0.15, 0.2) is 0 Å². The van der Waals surface area contributed by atoms with Gasteiger partial charge in [-0.15, -0.1) is 5.73 Å². The largest absolute Gasteiger partial charge is 0.448 e. The summed E-state index contributed by atoms with van der Waals surface area (Å²) in [6.45, 7) is 7.44. The standard InChI is InChI=1S/C3H5NO2.C3H4.H3N/c5-3-4-1-2-6-3;1-3-2;/h1-2H2,(H,4,5);1-2H2;1H3. The Morgan fingerprint density at radius 2 is 2.10 bits per heavy atom. The molecule has 1 rings (SSSR count). The molecule has 0 aliphatic carbocycles. The maximum Gasteiger partial charge on any atom is 0.407 e. The molecule has 4 N–H and O–H groups in total. The fraction of sp³-hybridized carbons (Fsp3) is 0.333. The number of rotatable bonds is 0. The molecule has 10 heavy (non-hydrogen) atoms. The molecule has 1 heterocycles. The highest BCUT2D eigenvalue weighted by atomic mass is 16.6. The SMILES string of the molecule is C=C=C.N.O=C1NCCO1. The minimum absolute atomic E-state index is 0. The first-order valence-corrected chi connectivity index (χ1v) is 2.51. The molecule has 0 aromatic carbocycles. The van der Waals surface area contributed by atoms with Gasteiger partial charge in [-0.2, -0.15) is 0 Å². The minimum Gasteiger partial charge on any atom is -0.448 e. The van der Waals surface area contributed by atoms with E-state index in [1.165, 1.54) is 0 Å². The van der Waals surface area contributed by atoms with Gasteiger partial charge in [-0.3, -0.25) is 0 Å². The molecule has 4 nitrogen and oxygen atoms in total. The molecule has 4 heteroatoms. The van der Waals surface area contributed by atoms with E-state index in [4.69, 9.17) is 0 Å². The van der Waals surface area contributed by atoms with Gasteiger partial charge >= 0.3 is 6.09 Å². The van der Waals surface area contributed by atoms with Gasteiger partial charge in [-0.1, -0.05) is 13.2 Å². The van der Waals surface area contributed by atoms with E-state index < -0.39 is 0 Å². The molecule has 0 spiro atoms. The van der Waals surface area contributed by atoms with Crippen LogP contribution in [0.2, 0.25) is 0 Å². The molecule has 0 atom stereocenters. The maximum atomic E-state index is 9.91. The summed E-state index contributed by atoms with van der Waals surface area (Å²) in [7, 11) is 0. The average molecular weight is 144 g/mol. The van der Waals surface area contributed by atoms with Gasteiger partial charge in [-0.05, 0) is 0 Å². The van der Waals surface area contributed by atoms with E-state index in [1.54, 1.807) is 0 Å². The number of carbonyl (C=O) groups is 1. The summed E-state index contributed by atoms with van der Waals surface area (Å²) in [6, 6.07) is 0. The van der Waals surface area contributed by atoms with E-state index in [0.29, 0.717) is 13.2 Å². The van der Waals surface area contributed by atoms with Crippen LogP contribution in [0.5, 0.6) is 0 Å². The fourth-order valence-corrected chi connectivity index (χ4v) is 0.348. The molecule has 1 saturated heterocycles. The van der Waals surface area contributed by atoms with Crippen LogP contribution in [0.3, 0.4) is 0 Å². The van der Waals surface area contributed by atoms with Crippen molar-refractivity contribution in [3.8, 4) is 0 Å². The zero-order valence-electron chi connectivity index (χ0n) is 5.85. The van der Waals surface area contributed by atoms with Crippen LogP contribution in [0, 0.1) is 0 Å². The van der Waals surface area contributed by atoms with E-state index in [0.717, 1.165) is 0 Å². The summed E-state index contributed by atoms with van der Waals surface area (Å²) in [5.74, 6) is 0. The third kappa shape index (κ3) is 6.75. The summed E-state index contributed by atoms with van der Waals surface area (Å²) in [5, 5.41) is 2.46. The van der Waals surface area contributed by atoms with Crippen molar-refractivity contribution in [2.45, 2.75) is 0 Å². The van der Waals surface area contributed by atoms with Crippen LogP contribution >= 0.6 is 0 Å². The Kier molecular flexibility index (Phi) is 8.94. The summed E-state index contributed by atoms with van der Waals surface area (Å²) in [4.78, 5) is 9.91. The van der Waals surface area contributed by atoms with Crippen molar-refractivity contribution < 1.29 is 9.53 Å². The molecular formula is C6H12N2O2. The first kappa shape index (κ1) is 11.5. The molecule has 1 fully saturated rings. The Hall–Kier alpha value is -1.25. The van der Waals surface area contributed by atoms with Gasteiger partial charge in [0.05, 0.1) is 6.54 Å². The van der Waals surface area contributed by atoms with Crippen LogP contribution in [0.1, 0.15) is 0 Å². The van der Waals surface area contributed by atoms with Gasteiger partial charge in [0.25, 0.3) is 0 Å². The zero-order chi connectivity index (χ0) is 7.11. The molecule has 0 unspecified atom stereocenters. The van der Waals surface area contributed by atoms with Crippen LogP contribution < -0.4 is 11.5 Å². The molecule has 1 aliphatic rings. The second kappa shape index (κ2) is 7.75. The zero-order valence-corrected chi connectivity index (χ0v) is 5.85. The van der Waals surface area contributed by atoms with Crippen molar-refractivity contribution in [1.82, 2.24) is 11.5 Å². The molecule has 1 aliphatic heterocycles. The highest BCUT2D eigenvalue weighted by Gasteiger charge is 2.06. The number of nitrogens with one attached hydrogen (secondary N) is 1. The third-order valence-electron chi connectivity index (χ3n) is 0.605. The number of hydrogen-bond acceptors (Lipinski definition) is 3. The lowest BCUT2D eigenvalue weighted by Crippen LogP contribution is -2.11. The van der Waals surface area contributed by atoms with Crippen LogP contribution in [0.4, 0.5) is 4.79 Å². The first-order valence-electron chi connectivity index (χ1n) is 2.51. The van der Waals surface area contributed by atoms with Crippen LogP contribution in [0.15, 0.2) is 18.9 Å². The Morgan fingerprint density at radius 3 is 2.20 bits per heavy atom. The monoisotopic (exact) mass is 144 g/mol. The number of carbonyl (C=O) groups excluding carboxylic acids is 1. The molecule has 0 aromatic heterocycles. The van der Waals surface area contributed by atoms with Gasteiger partial charge < -0.3 is 16.2 Å². The molecule has 1 amide bonds. The summed E-state index contributed by atoms with van der Waals surface area (Å²) in [5.41, 5.74) is 2.25. The Bertz CT molecular complexity index is 120. The quantitative estimate of drug-likeness (QED) is 0.495. The molecule has 0 radical (unpaired) electrons. The number of alkyl carbamates (subject to hydrolysis) is 1. The van der Waals surface area contributed by atoms with Gasteiger partial charge in [-0.25, -0.2) is 4.79 Å². The lowest BCUT2D eigenvalue weighted by atomic mass is 10.7. The molecule has 0 aromatic rings. The van der Waals surface area contributed by atoms with E-state index in [-0.39, 0.29) is 12.2 Å². The molecule has 0 saturated carbocycles. The lowest BCUT2D eigenvalue weighted by molar-refractivity contribution is 0.178. The molecule has 0 bridgehead atoms. The summed E-state index contributed by atoms with van der Waals surface area (Å²) < 4.78 is 4.40. The number of cyclic esters (lactones) is 1. The number of amides is 1. The van der Waals surface area contributed by atoms with Crippen LogP contribution in [-0.4, -0.2) is 19.2 Å². The highest BCUT2D eigenvalue weighted by Crippen LogP contribution is 1.82. The lowest BCUT2D eigenvalue weighted by Gasteiger charge is -1.80. The minimum atomic E-state index is -0.296. The van der Waals surface area contributed by atoms with E-state index >= 15 is 0 Å². The summed E-state index contributed by atoms with van der Waals surface area (Å²) in [6.07, 6.45) is -0.296. The van der Waals surface area contributed by atoms with Crippen molar-refractivity contribution in [2.75, 3.05) is 13.2 Å². The average Bonchev–Trinajstić information content (AvgIpc) is 2.20. The predicted molar refractivity (Wildman–Crippen MR) is 39.1 cm³/mol.